The first-order valence-electron chi connectivity index (χ1n) is 9.69. The van der Waals surface area contributed by atoms with Gasteiger partial charge >= 0.3 is 5.97 Å². The predicted molar refractivity (Wildman–Crippen MR) is 110 cm³/mol. The number of halogens is 1. The molecular weight excluding hydrogens is 382 g/mol. The molecule has 0 spiro atoms. The van der Waals surface area contributed by atoms with Gasteiger partial charge in [-0.25, -0.2) is 4.79 Å². The van der Waals surface area contributed by atoms with Gasteiger partial charge in [0.05, 0.1) is 7.11 Å². The highest BCUT2D eigenvalue weighted by Crippen LogP contribution is 2.22. The van der Waals surface area contributed by atoms with E-state index in [1.54, 1.807) is 0 Å². The molecule has 28 heavy (non-hydrogen) atoms. The van der Waals surface area contributed by atoms with Crippen LogP contribution in [0.4, 0.5) is 5.69 Å². The van der Waals surface area contributed by atoms with Crippen molar-refractivity contribution in [2.24, 2.45) is 5.92 Å². The SMILES string of the molecule is COC(=O)COc1ccc(N2CCN(C(=O)CC3CCNCC3)CC2)cc1.Cl. The molecule has 1 aromatic carbocycles. The van der Waals surface area contributed by atoms with E-state index < -0.39 is 5.97 Å². The Morgan fingerprint density at radius 3 is 2.32 bits per heavy atom. The highest BCUT2D eigenvalue weighted by atomic mass is 35.5. The fraction of sp³-hybridized carbons (Fsp3) is 0.600. The lowest BCUT2D eigenvalue weighted by atomic mass is 9.94. The summed E-state index contributed by atoms with van der Waals surface area (Å²) >= 11 is 0. The lowest BCUT2D eigenvalue weighted by Gasteiger charge is -2.37. The molecule has 0 unspecified atom stereocenters. The molecule has 3 rings (SSSR count). The molecule has 1 aromatic rings. The number of esters is 1. The fourth-order valence-corrected chi connectivity index (χ4v) is 3.63. The Morgan fingerprint density at radius 2 is 1.71 bits per heavy atom. The number of hydrogen-bond donors (Lipinski definition) is 1. The second-order valence-corrected chi connectivity index (χ2v) is 7.12. The number of piperazine rings is 1. The van der Waals surface area contributed by atoms with Crippen molar-refractivity contribution in [2.75, 3.05) is 57.9 Å². The summed E-state index contributed by atoms with van der Waals surface area (Å²) in [6.45, 7) is 5.18. The maximum Gasteiger partial charge on any atom is 0.343 e. The summed E-state index contributed by atoms with van der Waals surface area (Å²) in [4.78, 5) is 27.9. The lowest BCUT2D eigenvalue weighted by Crippen LogP contribution is -2.49. The first-order valence-corrected chi connectivity index (χ1v) is 9.69. The molecule has 156 valence electrons. The van der Waals surface area contributed by atoms with E-state index >= 15 is 0 Å². The van der Waals surface area contributed by atoms with Gasteiger partial charge in [-0.1, -0.05) is 0 Å². The summed E-state index contributed by atoms with van der Waals surface area (Å²) in [5.41, 5.74) is 1.10. The number of carbonyl (C=O) groups is 2. The van der Waals surface area contributed by atoms with Crippen LogP contribution in [0.5, 0.6) is 5.75 Å². The topological polar surface area (TPSA) is 71.1 Å². The van der Waals surface area contributed by atoms with Crippen molar-refractivity contribution >= 4 is 30.0 Å². The number of benzene rings is 1. The maximum absolute atomic E-state index is 12.5. The van der Waals surface area contributed by atoms with Crippen LogP contribution in [-0.2, 0) is 14.3 Å². The number of nitrogens with one attached hydrogen (secondary N) is 1. The summed E-state index contributed by atoms with van der Waals surface area (Å²) < 4.78 is 9.93. The largest absolute Gasteiger partial charge is 0.482 e. The van der Waals surface area contributed by atoms with E-state index in [0.29, 0.717) is 24.0 Å². The Balaban J connectivity index is 0.00000280. The molecule has 2 aliphatic rings. The van der Waals surface area contributed by atoms with Gasteiger partial charge in [0.25, 0.3) is 0 Å². The van der Waals surface area contributed by atoms with Gasteiger partial charge in [-0.2, -0.15) is 0 Å². The zero-order valence-corrected chi connectivity index (χ0v) is 17.2. The first kappa shape index (κ1) is 22.3. The molecule has 0 bridgehead atoms. The molecule has 2 saturated heterocycles. The van der Waals surface area contributed by atoms with Crippen molar-refractivity contribution < 1.29 is 19.1 Å². The number of amides is 1. The molecule has 2 aliphatic heterocycles. The Kier molecular flexibility index (Phi) is 8.86. The molecule has 0 saturated carbocycles. The molecule has 0 radical (unpaired) electrons. The average Bonchev–Trinajstić information content (AvgIpc) is 2.73. The molecule has 0 aliphatic carbocycles. The van der Waals surface area contributed by atoms with Gasteiger partial charge in [0.15, 0.2) is 6.61 Å². The molecular formula is C20H30ClN3O4. The second kappa shape index (κ2) is 11.1. The van der Waals surface area contributed by atoms with Crippen molar-refractivity contribution in [3.05, 3.63) is 24.3 Å². The van der Waals surface area contributed by atoms with Crippen molar-refractivity contribution in [3.8, 4) is 5.75 Å². The minimum absolute atomic E-state index is 0. The van der Waals surface area contributed by atoms with E-state index in [9.17, 15) is 9.59 Å². The number of rotatable bonds is 6. The van der Waals surface area contributed by atoms with Gasteiger partial charge in [0.1, 0.15) is 5.75 Å². The molecule has 0 aromatic heterocycles. The van der Waals surface area contributed by atoms with E-state index in [1.165, 1.54) is 7.11 Å². The number of methoxy groups -OCH3 is 1. The minimum Gasteiger partial charge on any atom is -0.482 e. The monoisotopic (exact) mass is 411 g/mol. The van der Waals surface area contributed by atoms with E-state index in [1.807, 2.05) is 29.2 Å². The third kappa shape index (κ3) is 6.27. The maximum atomic E-state index is 12.5. The zero-order valence-electron chi connectivity index (χ0n) is 16.4. The van der Waals surface area contributed by atoms with Crippen LogP contribution in [0, 0.1) is 5.92 Å². The Labute approximate surface area is 172 Å². The highest BCUT2D eigenvalue weighted by Gasteiger charge is 2.24. The normalized spacial score (nSPS) is 17.6. The van der Waals surface area contributed by atoms with E-state index in [2.05, 4.69) is 15.0 Å². The smallest absolute Gasteiger partial charge is 0.343 e. The van der Waals surface area contributed by atoms with E-state index in [4.69, 9.17) is 4.74 Å². The fourth-order valence-electron chi connectivity index (χ4n) is 3.63. The standard InChI is InChI=1S/C20H29N3O4.ClH/c1-26-20(25)15-27-18-4-2-17(3-5-18)22-10-12-23(13-11-22)19(24)14-16-6-8-21-9-7-16;/h2-5,16,21H,6-15H2,1H3;1H. The van der Waals surface area contributed by atoms with Crippen LogP contribution in [0.2, 0.25) is 0 Å². The third-order valence-electron chi connectivity index (χ3n) is 5.34. The summed E-state index contributed by atoms with van der Waals surface area (Å²) in [6, 6.07) is 7.68. The summed E-state index contributed by atoms with van der Waals surface area (Å²) in [5, 5.41) is 3.35. The molecule has 8 heteroatoms. The van der Waals surface area contributed by atoms with Crippen molar-refractivity contribution in [3.63, 3.8) is 0 Å². The first-order chi connectivity index (χ1) is 13.2. The number of hydrogen-bond acceptors (Lipinski definition) is 6. The van der Waals surface area contributed by atoms with Crippen LogP contribution in [-0.4, -0.2) is 69.8 Å². The van der Waals surface area contributed by atoms with Crippen LogP contribution < -0.4 is 15.0 Å². The third-order valence-corrected chi connectivity index (χ3v) is 5.34. The van der Waals surface area contributed by atoms with Crippen molar-refractivity contribution in [1.82, 2.24) is 10.2 Å². The van der Waals surface area contributed by atoms with Crippen LogP contribution in [0.15, 0.2) is 24.3 Å². The molecule has 1 N–H and O–H groups in total. The summed E-state index contributed by atoms with van der Waals surface area (Å²) in [5.74, 6) is 1.08. The quantitative estimate of drug-likeness (QED) is 0.718. The van der Waals surface area contributed by atoms with Gasteiger partial charge < -0.3 is 24.6 Å². The summed E-state index contributed by atoms with van der Waals surface area (Å²) in [7, 11) is 1.34. The number of piperidine rings is 1. The van der Waals surface area contributed by atoms with E-state index in [-0.39, 0.29) is 19.0 Å². The van der Waals surface area contributed by atoms with Crippen molar-refractivity contribution in [2.45, 2.75) is 19.3 Å². The van der Waals surface area contributed by atoms with Gasteiger partial charge in [-0.15, -0.1) is 12.4 Å². The molecule has 1 amide bonds. The Bertz CT molecular complexity index is 627. The molecule has 7 nitrogen and oxygen atoms in total. The van der Waals surface area contributed by atoms with Crippen molar-refractivity contribution in [1.29, 1.82) is 0 Å². The van der Waals surface area contributed by atoms with Crippen LogP contribution in [0.3, 0.4) is 0 Å². The number of carbonyl (C=O) groups excluding carboxylic acids is 2. The minimum atomic E-state index is -0.399. The molecule has 2 heterocycles. The van der Waals surface area contributed by atoms with Crippen LogP contribution >= 0.6 is 12.4 Å². The number of nitrogens with zero attached hydrogens (tertiary/aromatic N) is 2. The highest BCUT2D eigenvalue weighted by molar-refractivity contribution is 5.85. The van der Waals surface area contributed by atoms with Crippen LogP contribution in [0.1, 0.15) is 19.3 Å². The van der Waals surface area contributed by atoms with Gasteiger partial charge in [-0.05, 0) is 56.1 Å². The van der Waals surface area contributed by atoms with Crippen LogP contribution in [0.25, 0.3) is 0 Å². The van der Waals surface area contributed by atoms with Gasteiger partial charge in [-0.3, -0.25) is 4.79 Å². The van der Waals surface area contributed by atoms with Gasteiger partial charge in [0, 0.05) is 38.3 Å². The molecule has 0 atom stereocenters. The average molecular weight is 412 g/mol. The molecule has 2 fully saturated rings. The Morgan fingerprint density at radius 1 is 1.07 bits per heavy atom. The number of ether oxygens (including phenoxy) is 2. The zero-order chi connectivity index (χ0) is 19.1. The van der Waals surface area contributed by atoms with Gasteiger partial charge in [0.2, 0.25) is 5.91 Å². The second-order valence-electron chi connectivity index (χ2n) is 7.12. The predicted octanol–water partition coefficient (Wildman–Crippen LogP) is 1.70. The Hall–Kier alpha value is -1.99. The van der Waals surface area contributed by atoms with E-state index in [0.717, 1.165) is 57.8 Å². The number of anilines is 1. The summed E-state index contributed by atoms with van der Waals surface area (Å²) in [6.07, 6.45) is 2.90. The lowest BCUT2D eigenvalue weighted by molar-refractivity contribution is -0.143.